The number of carbonyl (C=O) groups is 2. The van der Waals surface area contributed by atoms with Crippen LogP contribution in [0.15, 0.2) is 48.5 Å². The maximum atomic E-state index is 11.8. The molecule has 0 heterocycles. The van der Waals surface area contributed by atoms with Crippen molar-refractivity contribution in [1.82, 2.24) is 5.32 Å². The summed E-state index contributed by atoms with van der Waals surface area (Å²) in [4.78, 5) is 22.6. The van der Waals surface area contributed by atoms with Gasteiger partial charge in [0.2, 0.25) is 5.91 Å². The molecular weight excluding hydrogens is 278 g/mol. The first-order chi connectivity index (χ1) is 10.5. The zero-order valence-electron chi connectivity index (χ0n) is 12.5. The van der Waals surface area contributed by atoms with Crippen LogP contribution in [0.1, 0.15) is 33.5 Å². The van der Waals surface area contributed by atoms with Gasteiger partial charge in [0.15, 0.2) is 0 Å². The van der Waals surface area contributed by atoms with Crippen LogP contribution in [0.4, 0.5) is 0 Å². The number of amides is 1. The van der Waals surface area contributed by atoms with Gasteiger partial charge in [0, 0.05) is 13.0 Å². The molecule has 0 saturated heterocycles. The molecule has 0 bridgehead atoms. The van der Waals surface area contributed by atoms with E-state index in [2.05, 4.69) is 5.32 Å². The summed E-state index contributed by atoms with van der Waals surface area (Å²) >= 11 is 0. The van der Waals surface area contributed by atoms with E-state index in [-0.39, 0.29) is 11.5 Å². The standard InChI is InChI=1S/C18H19NO3/c1-13-2-4-14(5-3-13)8-11-17(20)19-12-15-6-9-16(10-7-15)18(21)22/h2-7,9-10H,8,11-12H2,1H3,(H,19,20)(H,21,22). The second-order valence-corrected chi connectivity index (χ2v) is 5.26. The Morgan fingerprint density at radius 2 is 1.55 bits per heavy atom. The number of hydrogen-bond acceptors (Lipinski definition) is 2. The summed E-state index contributed by atoms with van der Waals surface area (Å²) < 4.78 is 0. The van der Waals surface area contributed by atoms with E-state index in [1.165, 1.54) is 17.7 Å². The van der Waals surface area contributed by atoms with Gasteiger partial charge in [0.25, 0.3) is 0 Å². The molecule has 4 nitrogen and oxygen atoms in total. The van der Waals surface area contributed by atoms with Crippen LogP contribution in [0.3, 0.4) is 0 Å². The quantitative estimate of drug-likeness (QED) is 0.861. The minimum Gasteiger partial charge on any atom is -0.478 e. The normalized spacial score (nSPS) is 10.2. The van der Waals surface area contributed by atoms with E-state index in [0.717, 1.165) is 11.1 Å². The Balaban J connectivity index is 1.77. The fraction of sp³-hybridized carbons (Fsp3) is 0.222. The first-order valence-corrected chi connectivity index (χ1v) is 7.19. The number of carboxylic acids is 1. The minimum absolute atomic E-state index is 0.0112. The zero-order chi connectivity index (χ0) is 15.9. The van der Waals surface area contributed by atoms with Gasteiger partial charge in [-0.1, -0.05) is 42.0 Å². The Morgan fingerprint density at radius 1 is 0.955 bits per heavy atom. The summed E-state index contributed by atoms with van der Waals surface area (Å²) in [6.07, 6.45) is 1.15. The van der Waals surface area contributed by atoms with E-state index in [4.69, 9.17) is 5.11 Å². The number of carbonyl (C=O) groups excluding carboxylic acids is 1. The van der Waals surface area contributed by atoms with Crippen molar-refractivity contribution < 1.29 is 14.7 Å². The predicted octanol–water partition coefficient (Wildman–Crippen LogP) is 2.94. The van der Waals surface area contributed by atoms with Crippen LogP contribution < -0.4 is 5.32 Å². The van der Waals surface area contributed by atoms with E-state index in [1.807, 2.05) is 31.2 Å². The highest BCUT2D eigenvalue weighted by Crippen LogP contribution is 2.07. The van der Waals surface area contributed by atoms with Crippen molar-refractivity contribution in [2.24, 2.45) is 0 Å². The van der Waals surface area contributed by atoms with Crippen LogP contribution in [0, 0.1) is 6.92 Å². The summed E-state index contributed by atoms with van der Waals surface area (Å²) in [6, 6.07) is 14.6. The Bertz CT molecular complexity index is 645. The van der Waals surface area contributed by atoms with Gasteiger partial charge in [-0.2, -0.15) is 0 Å². The highest BCUT2D eigenvalue weighted by atomic mass is 16.4. The Labute approximate surface area is 129 Å². The van der Waals surface area contributed by atoms with E-state index < -0.39 is 5.97 Å². The first-order valence-electron chi connectivity index (χ1n) is 7.19. The first kappa shape index (κ1) is 15.8. The summed E-state index contributed by atoms with van der Waals surface area (Å²) in [5.74, 6) is -0.962. The molecule has 0 spiro atoms. The van der Waals surface area contributed by atoms with Gasteiger partial charge in [-0.25, -0.2) is 4.79 Å². The molecule has 2 N–H and O–H groups in total. The van der Waals surface area contributed by atoms with Gasteiger partial charge in [0.1, 0.15) is 0 Å². The van der Waals surface area contributed by atoms with Crippen LogP contribution >= 0.6 is 0 Å². The average Bonchev–Trinajstić information content (AvgIpc) is 2.52. The van der Waals surface area contributed by atoms with Crippen LogP contribution in [-0.4, -0.2) is 17.0 Å². The molecule has 0 aliphatic carbocycles. The molecule has 1 amide bonds. The fourth-order valence-corrected chi connectivity index (χ4v) is 2.07. The fourth-order valence-electron chi connectivity index (χ4n) is 2.07. The van der Waals surface area contributed by atoms with Crippen molar-refractivity contribution in [2.45, 2.75) is 26.3 Å². The molecule has 114 valence electrons. The molecule has 0 aliphatic rings. The van der Waals surface area contributed by atoms with Crippen LogP contribution in [0.2, 0.25) is 0 Å². The largest absolute Gasteiger partial charge is 0.478 e. The number of carboxylic acid groups (broad SMARTS) is 1. The number of hydrogen-bond donors (Lipinski definition) is 2. The van der Waals surface area contributed by atoms with E-state index in [9.17, 15) is 9.59 Å². The van der Waals surface area contributed by atoms with E-state index >= 15 is 0 Å². The van der Waals surface area contributed by atoms with Crippen molar-refractivity contribution in [3.05, 3.63) is 70.8 Å². The minimum atomic E-state index is -0.950. The van der Waals surface area contributed by atoms with Gasteiger partial charge < -0.3 is 10.4 Å². The van der Waals surface area contributed by atoms with Crippen LogP contribution in [0.25, 0.3) is 0 Å². The van der Waals surface area contributed by atoms with Gasteiger partial charge in [-0.15, -0.1) is 0 Å². The third-order valence-electron chi connectivity index (χ3n) is 3.45. The molecule has 22 heavy (non-hydrogen) atoms. The highest BCUT2D eigenvalue weighted by molar-refractivity contribution is 5.87. The lowest BCUT2D eigenvalue weighted by atomic mass is 10.1. The van der Waals surface area contributed by atoms with Crippen molar-refractivity contribution in [2.75, 3.05) is 0 Å². The lowest BCUT2D eigenvalue weighted by Gasteiger charge is -2.06. The van der Waals surface area contributed by atoms with Gasteiger partial charge in [0.05, 0.1) is 5.56 Å². The average molecular weight is 297 g/mol. The molecule has 0 radical (unpaired) electrons. The SMILES string of the molecule is Cc1ccc(CCC(=O)NCc2ccc(C(=O)O)cc2)cc1. The molecule has 2 aromatic rings. The smallest absolute Gasteiger partial charge is 0.335 e. The molecule has 2 rings (SSSR count). The lowest BCUT2D eigenvalue weighted by Crippen LogP contribution is -2.23. The third-order valence-corrected chi connectivity index (χ3v) is 3.45. The number of nitrogens with one attached hydrogen (secondary N) is 1. The summed E-state index contributed by atoms with van der Waals surface area (Å²) in [5.41, 5.74) is 3.48. The van der Waals surface area contributed by atoms with Crippen molar-refractivity contribution >= 4 is 11.9 Å². The monoisotopic (exact) mass is 297 g/mol. The second kappa shape index (κ2) is 7.41. The molecule has 0 saturated carbocycles. The maximum Gasteiger partial charge on any atom is 0.335 e. The summed E-state index contributed by atoms with van der Waals surface area (Å²) in [6.45, 7) is 2.44. The topological polar surface area (TPSA) is 66.4 Å². The zero-order valence-corrected chi connectivity index (χ0v) is 12.5. The Kier molecular flexibility index (Phi) is 5.31. The van der Waals surface area contributed by atoms with Gasteiger partial charge >= 0.3 is 5.97 Å². The van der Waals surface area contributed by atoms with E-state index in [0.29, 0.717) is 19.4 Å². The summed E-state index contributed by atoms with van der Waals surface area (Å²) in [7, 11) is 0. The highest BCUT2D eigenvalue weighted by Gasteiger charge is 2.04. The number of benzene rings is 2. The lowest BCUT2D eigenvalue weighted by molar-refractivity contribution is -0.121. The predicted molar refractivity (Wildman–Crippen MR) is 84.7 cm³/mol. The third kappa shape index (κ3) is 4.74. The van der Waals surface area contributed by atoms with Crippen molar-refractivity contribution in [3.8, 4) is 0 Å². The van der Waals surface area contributed by atoms with Crippen LogP contribution in [-0.2, 0) is 17.8 Å². The Morgan fingerprint density at radius 3 is 2.14 bits per heavy atom. The Hall–Kier alpha value is -2.62. The molecular formula is C18H19NO3. The molecule has 0 fully saturated rings. The second-order valence-electron chi connectivity index (χ2n) is 5.26. The van der Waals surface area contributed by atoms with Crippen molar-refractivity contribution in [1.29, 1.82) is 0 Å². The van der Waals surface area contributed by atoms with E-state index in [1.54, 1.807) is 12.1 Å². The molecule has 2 aromatic carbocycles. The molecule has 0 atom stereocenters. The maximum absolute atomic E-state index is 11.8. The summed E-state index contributed by atoms with van der Waals surface area (Å²) in [5, 5.41) is 11.7. The molecule has 4 heteroatoms. The van der Waals surface area contributed by atoms with Gasteiger partial charge in [-0.05, 0) is 36.6 Å². The molecule has 0 aromatic heterocycles. The number of aryl methyl sites for hydroxylation is 2. The molecule has 0 aliphatic heterocycles. The van der Waals surface area contributed by atoms with Crippen LogP contribution in [0.5, 0.6) is 0 Å². The number of aromatic carboxylic acids is 1. The van der Waals surface area contributed by atoms with Crippen molar-refractivity contribution in [3.63, 3.8) is 0 Å². The molecule has 0 unspecified atom stereocenters. The number of rotatable bonds is 6. The van der Waals surface area contributed by atoms with Gasteiger partial charge in [-0.3, -0.25) is 4.79 Å².